The fraction of sp³-hybridized carbons (Fsp3) is 0.0385. The molecule has 4 rings (SSSR count). The SMILES string of the molecule is C=CCOc1ccc(C=C2C(=O)N(c3ccccc3)C(=O)N(c3ccccc3)C2=O)cc1Cl. The van der Waals surface area contributed by atoms with E-state index < -0.39 is 17.8 Å². The Bertz CT molecular complexity index is 1190. The van der Waals surface area contributed by atoms with E-state index in [9.17, 15) is 14.4 Å². The van der Waals surface area contributed by atoms with E-state index in [1.165, 1.54) is 6.08 Å². The fourth-order valence-electron chi connectivity index (χ4n) is 3.38. The molecule has 1 aliphatic heterocycles. The number of para-hydroxylation sites is 2. The Morgan fingerprint density at radius 1 is 0.818 bits per heavy atom. The van der Waals surface area contributed by atoms with E-state index in [0.29, 0.717) is 27.7 Å². The number of anilines is 2. The van der Waals surface area contributed by atoms with E-state index in [4.69, 9.17) is 16.3 Å². The molecule has 1 saturated heterocycles. The Morgan fingerprint density at radius 2 is 1.36 bits per heavy atom. The maximum Gasteiger partial charge on any atom is 0.343 e. The van der Waals surface area contributed by atoms with Gasteiger partial charge in [-0.3, -0.25) is 9.59 Å². The summed E-state index contributed by atoms with van der Waals surface area (Å²) in [7, 11) is 0. The third-order valence-electron chi connectivity index (χ3n) is 4.90. The molecular weight excluding hydrogens is 440 g/mol. The van der Waals surface area contributed by atoms with E-state index in [1.807, 2.05) is 0 Å². The number of rotatable bonds is 6. The molecule has 0 atom stereocenters. The van der Waals surface area contributed by atoms with Crippen molar-refractivity contribution >= 4 is 46.9 Å². The van der Waals surface area contributed by atoms with Crippen LogP contribution < -0.4 is 14.5 Å². The molecule has 33 heavy (non-hydrogen) atoms. The van der Waals surface area contributed by atoms with Gasteiger partial charge in [-0.2, -0.15) is 0 Å². The normalized spacial score (nSPS) is 13.8. The zero-order valence-corrected chi connectivity index (χ0v) is 18.2. The van der Waals surface area contributed by atoms with Crippen LogP contribution in [0, 0.1) is 0 Å². The van der Waals surface area contributed by atoms with Crippen molar-refractivity contribution in [2.24, 2.45) is 0 Å². The number of halogens is 1. The van der Waals surface area contributed by atoms with Crippen molar-refractivity contribution in [3.8, 4) is 5.75 Å². The summed E-state index contributed by atoms with van der Waals surface area (Å²) in [6.45, 7) is 3.89. The predicted molar refractivity (Wildman–Crippen MR) is 128 cm³/mol. The van der Waals surface area contributed by atoms with E-state index in [-0.39, 0.29) is 12.2 Å². The molecule has 0 unspecified atom stereocenters. The number of nitrogens with zero attached hydrogens (tertiary/aromatic N) is 2. The maximum absolute atomic E-state index is 13.3. The summed E-state index contributed by atoms with van der Waals surface area (Å²) in [4.78, 5) is 41.9. The highest BCUT2D eigenvalue weighted by Gasteiger charge is 2.43. The zero-order valence-electron chi connectivity index (χ0n) is 17.5. The molecule has 3 aromatic rings. The van der Waals surface area contributed by atoms with Crippen LogP contribution in [0.15, 0.2) is 97.1 Å². The van der Waals surface area contributed by atoms with Gasteiger partial charge in [-0.25, -0.2) is 14.6 Å². The second-order valence-corrected chi connectivity index (χ2v) is 7.49. The minimum absolute atomic E-state index is 0.168. The number of benzene rings is 3. The van der Waals surface area contributed by atoms with Gasteiger partial charge in [-0.1, -0.05) is 66.7 Å². The van der Waals surface area contributed by atoms with Gasteiger partial charge < -0.3 is 4.74 Å². The summed E-state index contributed by atoms with van der Waals surface area (Å²) in [5, 5.41) is 0.317. The number of amides is 4. The third-order valence-corrected chi connectivity index (χ3v) is 5.20. The number of barbiturate groups is 1. The van der Waals surface area contributed by atoms with E-state index in [0.717, 1.165) is 9.80 Å². The molecule has 0 saturated carbocycles. The summed E-state index contributed by atoms with van der Waals surface area (Å²) < 4.78 is 5.47. The minimum atomic E-state index is -0.745. The van der Waals surface area contributed by atoms with E-state index in [1.54, 1.807) is 84.9 Å². The van der Waals surface area contributed by atoms with Crippen molar-refractivity contribution in [1.82, 2.24) is 0 Å². The summed E-state index contributed by atoms with van der Waals surface area (Å²) >= 11 is 6.29. The lowest BCUT2D eigenvalue weighted by molar-refractivity contribution is -0.121. The van der Waals surface area contributed by atoms with Crippen LogP contribution in [0.2, 0.25) is 5.02 Å². The summed E-state index contributed by atoms with van der Waals surface area (Å²) in [6, 6.07) is 21.1. The van der Waals surface area contributed by atoms with Crippen molar-refractivity contribution < 1.29 is 19.1 Å². The van der Waals surface area contributed by atoms with Gasteiger partial charge >= 0.3 is 6.03 Å². The van der Waals surface area contributed by atoms with Crippen molar-refractivity contribution in [3.05, 3.63) is 108 Å². The lowest BCUT2D eigenvalue weighted by Crippen LogP contribution is -2.57. The molecule has 0 aliphatic carbocycles. The molecular formula is C26H19ClN2O4. The molecule has 3 aromatic carbocycles. The van der Waals surface area contributed by atoms with Gasteiger partial charge in [0.15, 0.2) is 0 Å². The summed E-state index contributed by atoms with van der Waals surface area (Å²) in [5.74, 6) is -0.981. The van der Waals surface area contributed by atoms with Gasteiger partial charge in [0.05, 0.1) is 16.4 Å². The van der Waals surface area contributed by atoms with Gasteiger partial charge in [-0.15, -0.1) is 0 Å². The summed E-state index contributed by atoms with van der Waals surface area (Å²) in [5.41, 5.74) is 1.06. The molecule has 6 nitrogen and oxygen atoms in total. The van der Waals surface area contributed by atoms with Gasteiger partial charge in [0.2, 0.25) is 0 Å². The smallest absolute Gasteiger partial charge is 0.343 e. The van der Waals surface area contributed by atoms with Crippen LogP contribution in [0.4, 0.5) is 16.2 Å². The van der Waals surface area contributed by atoms with Gasteiger partial charge in [-0.05, 0) is 48.0 Å². The molecule has 4 amide bonds. The number of carbonyl (C=O) groups is 3. The first-order valence-corrected chi connectivity index (χ1v) is 10.5. The molecule has 1 aliphatic rings. The van der Waals surface area contributed by atoms with Gasteiger partial charge in [0.1, 0.15) is 17.9 Å². The maximum atomic E-state index is 13.3. The fourth-order valence-corrected chi connectivity index (χ4v) is 3.62. The molecule has 0 bridgehead atoms. The molecule has 0 aromatic heterocycles. The Balaban J connectivity index is 1.80. The number of ether oxygens (including phenoxy) is 1. The monoisotopic (exact) mass is 458 g/mol. The minimum Gasteiger partial charge on any atom is -0.488 e. The summed E-state index contributed by atoms with van der Waals surface area (Å²) in [6.07, 6.45) is 3.02. The quantitative estimate of drug-likeness (QED) is 0.278. The highest BCUT2D eigenvalue weighted by molar-refractivity contribution is 6.46. The topological polar surface area (TPSA) is 66.9 Å². The molecule has 0 spiro atoms. The Labute approximate surface area is 196 Å². The van der Waals surface area contributed by atoms with Crippen molar-refractivity contribution in [1.29, 1.82) is 0 Å². The van der Waals surface area contributed by atoms with Gasteiger partial charge in [0.25, 0.3) is 11.8 Å². The van der Waals surface area contributed by atoms with Crippen LogP contribution in [0.25, 0.3) is 6.08 Å². The molecule has 1 heterocycles. The lowest BCUT2D eigenvalue weighted by atomic mass is 10.0. The molecule has 1 fully saturated rings. The standard InChI is InChI=1S/C26H19ClN2O4/c1-2-15-33-23-14-13-18(17-22(23)27)16-21-24(30)28(19-9-5-3-6-10-19)26(32)29(25(21)31)20-11-7-4-8-12-20/h2-14,16-17H,1,15H2. The first-order valence-electron chi connectivity index (χ1n) is 10.1. The second-order valence-electron chi connectivity index (χ2n) is 7.08. The van der Waals surface area contributed by atoms with Crippen LogP contribution in [0.1, 0.15) is 5.56 Å². The molecule has 164 valence electrons. The highest BCUT2D eigenvalue weighted by atomic mass is 35.5. The van der Waals surface area contributed by atoms with Crippen LogP contribution in [0.5, 0.6) is 5.75 Å². The highest BCUT2D eigenvalue weighted by Crippen LogP contribution is 2.31. The molecule has 0 radical (unpaired) electrons. The van der Waals surface area contributed by atoms with Crippen LogP contribution in [-0.4, -0.2) is 24.5 Å². The Hall–Kier alpha value is -4.16. The first kappa shape index (κ1) is 22.0. The van der Waals surface area contributed by atoms with Crippen LogP contribution in [-0.2, 0) is 9.59 Å². The average Bonchev–Trinajstić information content (AvgIpc) is 2.83. The Morgan fingerprint density at radius 3 is 1.85 bits per heavy atom. The van der Waals surface area contributed by atoms with Crippen LogP contribution >= 0.6 is 11.6 Å². The third kappa shape index (κ3) is 4.42. The van der Waals surface area contributed by atoms with Crippen LogP contribution in [0.3, 0.4) is 0 Å². The predicted octanol–water partition coefficient (Wildman–Crippen LogP) is 5.49. The first-order chi connectivity index (χ1) is 16.0. The zero-order chi connectivity index (χ0) is 23.4. The number of urea groups is 1. The number of hydrogen-bond acceptors (Lipinski definition) is 4. The van der Waals surface area contributed by atoms with E-state index >= 15 is 0 Å². The average molecular weight is 459 g/mol. The van der Waals surface area contributed by atoms with Crippen molar-refractivity contribution in [3.63, 3.8) is 0 Å². The number of imide groups is 2. The number of carbonyl (C=O) groups excluding carboxylic acids is 3. The largest absolute Gasteiger partial charge is 0.488 e. The van der Waals surface area contributed by atoms with Gasteiger partial charge in [0, 0.05) is 0 Å². The van der Waals surface area contributed by atoms with E-state index in [2.05, 4.69) is 6.58 Å². The molecule has 0 N–H and O–H groups in total. The Kier molecular flexibility index (Phi) is 6.38. The second kappa shape index (κ2) is 9.54. The number of hydrogen-bond donors (Lipinski definition) is 0. The van der Waals surface area contributed by atoms with Crippen molar-refractivity contribution in [2.75, 3.05) is 16.4 Å². The molecule has 7 heteroatoms. The van der Waals surface area contributed by atoms with Crippen molar-refractivity contribution in [2.45, 2.75) is 0 Å². The lowest BCUT2D eigenvalue weighted by Gasteiger charge is -2.33.